The van der Waals surface area contributed by atoms with Gasteiger partial charge in [-0.05, 0) is 56.6 Å². The Kier molecular flexibility index (Phi) is 8.30. The second-order valence-corrected chi connectivity index (χ2v) is 10.0. The minimum atomic E-state index is -2.87. The van der Waals surface area contributed by atoms with Crippen LogP contribution in [0.4, 0.5) is 8.78 Å². The van der Waals surface area contributed by atoms with E-state index in [4.69, 9.17) is 4.74 Å². The minimum Gasteiger partial charge on any atom is -0.471 e. The minimum absolute atomic E-state index is 0.0173. The lowest BCUT2D eigenvalue weighted by Crippen LogP contribution is -2.39. The number of hydrogen-bond donors (Lipinski definition) is 1. The fourth-order valence-corrected chi connectivity index (χ4v) is 4.99. The van der Waals surface area contributed by atoms with Gasteiger partial charge in [0.05, 0.1) is 18.3 Å². The standard InChI is InChI=1S/C25H36F2N6O2/c1-25(26,27)17-35-24-8-5-19-10-13-33(14-11-22(19)30-24)12-9-18-3-6-20(7-4-18)29-23(34)15-21-16-28-32(2)31-21/h5,8,16,18,20H,3-4,6-7,9-15,17H2,1-2H3,(H,29,34)/t18-,20-. The van der Waals surface area contributed by atoms with E-state index >= 15 is 0 Å². The molecule has 0 radical (unpaired) electrons. The average molecular weight is 491 g/mol. The molecule has 0 unspecified atom stereocenters. The van der Waals surface area contributed by atoms with Crippen molar-refractivity contribution in [1.29, 1.82) is 0 Å². The van der Waals surface area contributed by atoms with Crippen LogP contribution in [-0.2, 0) is 31.1 Å². The number of nitrogens with one attached hydrogen (secondary N) is 1. The number of carbonyl (C=O) groups excluding carboxylic acids is 1. The van der Waals surface area contributed by atoms with E-state index in [1.807, 2.05) is 6.07 Å². The van der Waals surface area contributed by atoms with Gasteiger partial charge in [0.1, 0.15) is 0 Å². The molecule has 1 aliphatic heterocycles. The Balaban J connectivity index is 1.16. The third-order valence-electron chi connectivity index (χ3n) is 6.93. The van der Waals surface area contributed by atoms with E-state index in [-0.39, 0.29) is 24.2 Å². The van der Waals surface area contributed by atoms with Crippen molar-refractivity contribution >= 4 is 5.91 Å². The van der Waals surface area contributed by atoms with Crippen LogP contribution in [0.1, 0.15) is 56.0 Å². The molecule has 8 nitrogen and oxygen atoms in total. The summed E-state index contributed by atoms with van der Waals surface area (Å²) in [5.41, 5.74) is 2.84. The third kappa shape index (κ3) is 7.95. The zero-order valence-electron chi connectivity index (χ0n) is 20.7. The number of nitrogens with zero attached hydrogens (tertiary/aromatic N) is 5. The molecule has 0 aromatic carbocycles. The second kappa shape index (κ2) is 11.4. The summed E-state index contributed by atoms with van der Waals surface area (Å²) in [5.74, 6) is -1.89. The predicted molar refractivity (Wildman–Crippen MR) is 127 cm³/mol. The van der Waals surface area contributed by atoms with Gasteiger partial charge >= 0.3 is 0 Å². The molecule has 0 saturated heterocycles. The summed E-state index contributed by atoms with van der Waals surface area (Å²) in [4.78, 5) is 20.7. The molecular weight excluding hydrogens is 454 g/mol. The van der Waals surface area contributed by atoms with Gasteiger partial charge < -0.3 is 15.0 Å². The molecule has 0 bridgehead atoms. The first-order chi connectivity index (χ1) is 16.7. The van der Waals surface area contributed by atoms with Gasteiger partial charge in [-0.3, -0.25) is 4.79 Å². The van der Waals surface area contributed by atoms with Crippen LogP contribution in [0.2, 0.25) is 0 Å². The molecule has 35 heavy (non-hydrogen) atoms. The first kappa shape index (κ1) is 25.5. The summed E-state index contributed by atoms with van der Waals surface area (Å²) in [7, 11) is 1.75. The highest BCUT2D eigenvalue weighted by molar-refractivity contribution is 5.78. The molecule has 2 aliphatic rings. The maximum absolute atomic E-state index is 13.1. The van der Waals surface area contributed by atoms with E-state index in [2.05, 4.69) is 25.4 Å². The number of hydrogen-bond acceptors (Lipinski definition) is 6. The summed E-state index contributed by atoms with van der Waals surface area (Å²) in [5, 5.41) is 11.3. The molecule has 0 spiro atoms. The van der Waals surface area contributed by atoms with Crippen molar-refractivity contribution in [2.45, 2.75) is 70.3 Å². The highest BCUT2D eigenvalue weighted by Gasteiger charge is 2.25. The average Bonchev–Trinajstić information content (AvgIpc) is 3.10. The zero-order valence-corrected chi connectivity index (χ0v) is 20.7. The first-order valence-electron chi connectivity index (χ1n) is 12.6. The van der Waals surface area contributed by atoms with Crippen LogP contribution in [-0.4, -0.2) is 69.0 Å². The fraction of sp³-hybridized carbons (Fsp3) is 0.680. The highest BCUT2D eigenvalue weighted by Crippen LogP contribution is 2.28. The number of halogens is 2. The van der Waals surface area contributed by atoms with Gasteiger partial charge in [-0.1, -0.05) is 6.07 Å². The normalized spacial score (nSPS) is 21.3. The summed E-state index contributed by atoms with van der Waals surface area (Å²) in [6, 6.07) is 3.91. The van der Waals surface area contributed by atoms with Crippen molar-refractivity contribution in [2.24, 2.45) is 13.0 Å². The number of ether oxygens (including phenoxy) is 1. The van der Waals surface area contributed by atoms with E-state index in [1.165, 1.54) is 10.4 Å². The van der Waals surface area contributed by atoms with Gasteiger partial charge in [-0.2, -0.15) is 15.0 Å². The number of carbonyl (C=O) groups is 1. The van der Waals surface area contributed by atoms with Crippen molar-refractivity contribution in [1.82, 2.24) is 30.2 Å². The van der Waals surface area contributed by atoms with Gasteiger partial charge in [-0.15, -0.1) is 0 Å². The maximum atomic E-state index is 13.1. The van der Waals surface area contributed by atoms with E-state index < -0.39 is 12.5 Å². The van der Waals surface area contributed by atoms with Gasteiger partial charge in [0.25, 0.3) is 5.92 Å². The summed E-state index contributed by atoms with van der Waals surface area (Å²) < 4.78 is 31.3. The number of fused-ring (bicyclic) bond motifs is 1. The Morgan fingerprint density at radius 2 is 1.97 bits per heavy atom. The van der Waals surface area contributed by atoms with Crippen molar-refractivity contribution < 1.29 is 18.3 Å². The van der Waals surface area contributed by atoms with E-state index in [0.29, 0.717) is 11.6 Å². The maximum Gasteiger partial charge on any atom is 0.278 e. The van der Waals surface area contributed by atoms with Crippen LogP contribution in [0.25, 0.3) is 0 Å². The summed E-state index contributed by atoms with van der Waals surface area (Å²) in [6.45, 7) is 3.14. The summed E-state index contributed by atoms with van der Waals surface area (Å²) in [6.07, 6.45) is 9.09. The molecule has 2 aromatic heterocycles. The number of aromatic nitrogens is 4. The topological polar surface area (TPSA) is 85.2 Å². The molecule has 3 heterocycles. The summed E-state index contributed by atoms with van der Waals surface area (Å²) >= 11 is 0. The van der Waals surface area contributed by atoms with Crippen LogP contribution in [0.3, 0.4) is 0 Å². The molecule has 1 fully saturated rings. The van der Waals surface area contributed by atoms with Crippen molar-refractivity contribution in [2.75, 3.05) is 26.2 Å². The van der Waals surface area contributed by atoms with Gasteiger partial charge in [0.15, 0.2) is 6.61 Å². The number of amides is 1. The number of rotatable bonds is 9. The van der Waals surface area contributed by atoms with Gasteiger partial charge in [-0.25, -0.2) is 13.8 Å². The zero-order chi connectivity index (χ0) is 24.8. The molecular formula is C25H36F2N6O2. The lowest BCUT2D eigenvalue weighted by molar-refractivity contribution is -0.121. The molecule has 1 amide bonds. The number of alkyl halides is 2. The number of aryl methyl sites for hydroxylation is 1. The van der Waals surface area contributed by atoms with Gasteiger partial charge in [0, 0.05) is 51.3 Å². The first-order valence-corrected chi connectivity index (χ1v) is 12.6. The Labute approximate surface area is 205 Å². The Hall–Kier alpha value is -2.62. The Bertz CT molecular complexity index is 985. The largest absolute Gasteiger partial charge is 0.471 e. The molecule has 2 aromatic rings. The third-order valence-corrected chi connectivity index (χ3v) is 6.93. The quantitative estimate of drug-likeness (QED) is 0.582. The van der Waals surface area contributed by atoms with Crippen LogP contribution in [0.15, 0.2) is 18.3 Å². The lowest BCUT2D eigenvalue weighted by atomic mass is 9.84. The molecule has 1 N–H and O–H groups in total. The molecule has 4 rings (SSSR count). The van der Waals surface area contributed by atoms with Gasteiger partial charge in [0.2, 0.25) is 11.8 Å². The Morgan fingerprint density at radius 1 is 1.20 bits per heavy atom. The second-order valence-electron chi connectivity index (χ2n) is 10.0. The molecule has 1 aliphatic carbocycles. The van der Waals surface area contributed by atoms with Crippen LogP contribution < -0.4 is 10.1 Å². The van der Waals surface area contributed by atoms with Crippen molar-refractivity contribution in [3.05, 3.63) is 35.3 Å². The van der Waals surface area contributed by atoms with E-state index in [0.717, 1.165) is 77.2 Å². The monoisotopic (exact) mass is 490 g/mol. The van der Waals surface area contributed by atoms with Crippen LogP contribution >= 0.6 is 0 Å². The predicted octanol–water partition coefficient (Wildman–Crippen LogP) is 2.95. The van der Waals surface area contributed by atoms with Crippen LogP contribution in [0.5, 0.6) is 5.88 Å². The smallest absolute Gasteiger partial charge is 0.278 e. The fourth-order valence-electron chi connectivity index (χ4n) is 4.99. The molecule has 1 saturated carbocycles. The molecule has 192 valence electrons. The van der Waals surface area contributed by atoms with Crippen LogP contribution in [0, 0.1) is 5.92 Å². The number of pyridine rings is 1. The van der Waals surface area contributed by atoms with E-state index in [9.17, 15) is 13.6 Å². The lowest BCUT2D eigenvalue weighted by Gasteiger charge is -2.30. The Morgan fingerprint density at radius 3 is 2.69 bits per heavy atom. The van der Waals surface area contributed by atoms with Crippen molar-refractivity contribution in [3.63, 3.8) is 0 Å². The van der Waals surface area contributed by atoms with Crippen molar-refractivity contribution in [3.8, 4) is 5.88 Å². The highest BCUT2D eigenvalue weighted by atomic mass is 19.3. The SMILES string of the molecule is Cn1ncc(CC(=O)N[C@H]2CC[C@H](CCN3CCc4ccc(OCC(C)(F)F)nc4CC3)CC2)n1. The van der Waals surface area contributed by atoms with E-state index in [1.54, 1.807) is 19.3 Å². The molecule has 0 atom stereocenters. The molecule has 10 heteroatoms.